The van der Waals surface area contributed by atoms with Crippen LogP contribution in [0.1, 0.15) is 11.1 Å². The Hall–Kier alpha value is -1.91. The molecule has 0 bridgehead atoms. The second kappa shape index (κ2) is 7.20. The number of nitrogens with zero attached hydrogens (tertiary/aromatic N) is 1. The fraction of sp³-hybridized carbons (Fsp3) is 0.133. The number of benzene rings is 2. The molecule has 0 radical (unpaired) electrons. The summed E-state index contributed by atoms with van der Waals surface area (Å²) < 4.78 is 11.0. The first-order valence-electron chi connectivity index (χ1n) is 6.07. The van der Waals surface area contributed by atoms with Crippen molar-refractivity contribution in [1.82, 2.24) is 0 Å². The SMILES string of the molecule is COc1ccc(C=NO)cc1OCc1c(Cl)cccc1Cl. The molecule has 0 amide bonds. The van der Waals surface area contributed by atoms with Gasteiger partial charge in [-0.3, -0.25) is 0 Å². The van der Waals surface area contributed by atoms with Crippen molar-refractivity contribution in [3.05, 3.63) is 57.6 Å². The molecule has 0 heterocycles. The lowest BCUT2D eigenvalue weighted by atomic mass is 10.2. The van der Waals surface area contributed by atoms with E-state index in [4.69, 9.17) is 37.9 Å². The number of halogens is 2. The Labute approximate surface area is 132 Å². The van der Waals surface area contributed by atoms with Gasteiger partial charge in [0, 0.05) is 21.2 Å². The van der Waals surface area contributed by atoms with E-state index < -0.39 is 0 Å². The number of rotatable bonds is 5. The van der Waals surface area contributed by atoms with Gasteiger partial charge < -0.3 is 14.7 Å². The van der Waals surface area contributed by atoms with Crippen LogP contribution in [-0.4, -0.2) is 18.5 Å². The summed E-state index contributed by atoms with van der Waals surface area (Å²) in [6, 6.07) is 10.4. The fourth-order valence-electron chi connectivity index (χ4n) is 1.77. The largest absolute Gasteiger partial charge is 0.493 e. The van der Waals surface area contributed by atoms with Gasteiger partial charge in [0.1, 0.15) is 6.61 Å². The summed E-state index contributed by atoms with van der Waals surface area (Å²) in [7, 11) is 1.55. The van der Waals surface area contributed by atoms with Crippen LogP contribution in [0.3, 0.4) is 0 Å². The molecule has 0 aliphatic rings. The molecule has 21 heavy (non-hydrogen) atoms. The highest BCUT2D eigenvalue weighted by molar-refractivity contribution is 6.35. The molecule has 0 unspecified atom stereocenters. The van der Waals surface area contributed by atoms with Gasteiger partial charge in [-0.1, -0.05) is 34.4 Å². The Kier molecular flexibility index (Phi) is 5.31. The maximum absolute atomic E-state index is 8.58. The molecule has 1 N–H and O–H groups in total. The molecular formula is C15H13Cl2NO3. The molecule has 2 aromatic carbocycles. The molecule has 0 saturated heterocycles. The van der Waals surface area contributed by atoms with Crippen molar-refractivity contribution >= 4 is 29.4 Å². The van der Waals surface area contributed by atoms with Crippen LogP contribution in [0.4, 0.5) is 0 Å². The number of methoxy groups -OCH3 is 1. The maximum atomic E-state index is 8.58. The van der Waals surface area contributed by atoms with E-state index in [2.05, 4.69) is 5.16 Å². The highest BCUT2D eigenvalue weighted by Crippen LogP contribution is 2.31. The predicted molar refractivity (Wildman–Crippen MR) is 83.2 cm³/mol. The van der Waals surface area contributed by atoms with Gasteiger partial charge in [0.05, 0.1) is 13.3 Å². The van der Waals surface area contributed by atoms with Gasteiger partial charge in [-0.05, 0) is 30.3 Å². The van der Waals surface area contributed by atoms with E-state index in [0.717, 1.165) is 0 Å². The maximum Gasteiger partial charge on any atom is 0.162 e. The molecule has 0 aliphatic heterocycles. The Bertz CT molecular complexity index is 639. The van der Waals surface area contributed by atoms with E-state index in [1.165, 1.54) is 6.21 Å². The molecule has 110 valence electrons. The summed E-state index contributed by atoms with van der Waals surface area (Å²) in [6.07, 6.45) is 1.30. The standard InChI is InChI=1S/C15H13Cl2NO3/c1-20-14-6-5-10(8-18-19)7-15(14)21-9-11-12(16)3-2-4-13(11)17/h2-8,19H,9H2,1H3. The Morgan fingerprint density at radius 2 is 1.86 bits per heavy atom. The highest BCUT2D eigenvalue weighted by atomic mass is 35.5. The Morgan fingerprint density at radius 3 is 2.48 bits per heavy atom. The summed E-state index contributed by atoms with van der Waals surface area (Å²) in [4.78, 5) is 0. The van der Waals surface area contributed by atoms with Crippen LogP contribution in [0.2, 0.25) is 10.0 Å². The van der Waals surface area contributed by atoms with Crippen LogP contribution in [0.5, 0.6) is 11.5 Å². The van der Waals surface area contributed by atoms with Gasteiger partial charge in [-0.25, -0.2) is 0 Å². The van der Waals surface area contributed by atoms with Crippen LogP contribution < -0.4 is 9.47 Å². The highest BCUT2D eigenvalue weighted by Gasteiger charge is 2.09. The topological polar surface area (TPSA) is 51.0 Å². The van der Waals surface area contributed by atoms with Crippen molar-refractivity contribution in [3.63, 3.8) is 0 Å². The van der Waals surface area contributed by atoms with E-state index in [-0.39, 0.29) is 6.61 Å². The van der Waals surface area contributed by atoms with Crippen LogP contribution in [-0.2, 0) is 6.61 Å². The number of oxime groups is 1. The zero-order chi connectivity index (χ0) is 15.2. The van der Waals surface area contributed by atoms with Gasteiger partial charge in [0.25, 0.3) is 0 Å². The van der Waals surface area contributed by atoms with E-state index >= 15 is 0 Å². The molecule has 0 aliphatic carbocycles. The van der Waals surface area contributed by atoms with Gasteiger partial charge in [-0.15, -0.1) is 0 Å². The third-order valence-corrected chi connectivity index (χ3v) is 3.54. The van der Waals surface area contributed by atoms with Crippen molar-refractivity contribution in [3.8, 4) is 11.5 Å². The molecule has 0 aromatic heterocycles. The van der Waals surface area contributed by atoms with Crippen molar-refractivity contribution in [1.29, 1.82) is 0 Å². The summed E-state index contributed by atoms with van der Waals surface area (Å²) in [5.41, 5.74) is 1.38. The molecule has 6 heteroatoms. The minimum Gasteiger partial charge on any atom is -0.493 e. The average molecular weight is 326 g/mol. The number of hydrogen-bond donors (Lipinski definition) is 1. The van der Waals surface area contributed by atoms with E-state index in [1.807, 2.05) is 0 Å². The van der Waals surface area contributed by atoms with Crippen LogP contribution in [0.15, 0.2) is 41.6 Å². The zero-order valence-electron chi connectivity index (χ0n) is 11.2. The summed E-state index contributed by atoms with van der Waals surface area (Å²) >= 11 is 12.2. The number of ether oxygens (including phenoxy) is 2. The lowest BCUT2D eigenvalue weighted by molar-refractivity contribution is 0.284. The van der Waals surface area contributed by atoms with E-state index in [9.17, 15) is 0 Å². The van der Waals surface area contributed by atoms with Crippen molar-refractivity contribution < 1.29 is 14.7 Å². The van der Waals surface area contributed by atoms with Gasteiger partial charge >= 0.3 is 0 Å². The van der Waals surface area contributed by atoms with Gasteiger partial charge in [-0.2, -0.15) is 0 Å². The second-order valence-corrected chi connectivity index (χ2v) is 4.96. The molecule has 2 rings (SSSR count). The Balaban J connectivity index is 2.24. The Morgan fingerprint density at radius 1 is 1.14 bits per heavy atom. The van der Waals surface area contributed by atoms with E-state index in [1.54, 1.807) is 43.5 Å². The summed E-state index contributed by atoms with van der Waals surface area (Å²) in [6.45, 7) is 0.203. The summed E-state index contributed by atoms with van der Waals surface area (Å²) in [5.74, 6) is 1.07. The van der Waals surface area contributed by atoms with E-state index in [0.29, 0.717) is 32.7 Å². The molecule has 0 saturated carbocycles. The first-order valence-corrected chi connectivity index (χ1v) is 6.82. The van der Waals surface area contributed by atoms with Crippen molar-refractivity contribution in [2.24, 2.45) is 5.16 Å². The summed E-state index contributed by atoms with van der Waals surface area (Å²) in [5, 5.41) is 12.6. The van der Waals surface area contributed by atoms with Crippen LogP contribution in [0.25, 0.3) is 0 Å². The molecule has 0 atom stereocenters. The third kappa shape index (κ3) is 3.80. The van der Waals surface area contributed by atoms with Gasteiger partial charge in [0.15, 0.2) is 11.5 Å². The lowest BCUT2D eigenvalue weighted by Gasteiger charge is -2.13. The molecular weight excluding hydrogens is 313 g/mol. The van der Waals surface area contributed by atoms with Crippen molar-refractivity contribution in [2.45, 2.75) is 6.61 Å². The zero-order valence-corrected chi connectivity index (χ0v) is 12.7. The lowest BCUT2D eigenvalue weighted by Crippen LogP contribution is -2.00. The smallest absolute Gasteiger partial charge is 0.162 e. The van der Waals surface area contributed by atoms with Gasteiger partial charge in [0.2, 0.25) is 0 Å². The third-order valence-electron chi connectivity index (χ3n) is 2.83. The second-order valence-electron chi connectivity index (χ2n) is 4.14. The molecule has 0 spiro atoms. The van der Waals surface area contributed by atoms with Crippen molar-refractivity contribution in [2.75, 3.05) is 7.11 Å². The monoisotopic (exact) mass is 325 g/mol. The number of hydrogen-bond acceptors (Lipinski definition) is 4. The first-order chi connectivity index (χ1) is 10.2. The van der Waals surface area contributed by atoms with Crippen LogP contribution >= 0.6 is 23.2 Å². The normalized spacial score (nSPS) is 10.8. The molecule has 2 aromatic rings. The first kappa shape index (κ1) is 15.5. The van der Waals surface area contributed by atoms with Crippen LogP contribution in [0, 0.1) is 0 Å². The average Bonchev–Trinajstić information content (AvgIpc) is 2.47. The fourth-order valence-corrected chi connectivity index (χ4v) is 2.28. The molecule has 0 fully saturated rings. The predicted octanol–water partition coefficient (Wildman–Crippen LogP) is 4.39. The molecule has 4 nitrogen and oxygen atoms in total. The minimum atomic E-state index is 0.203. The minimum absolute atomic E-state index is 0.203. The quantitative estimate of drug-likeness (QED) is 0.504.